The van der Waals surface area contributed by atoms with Gasteiger partial charge >= 0.3 is 5.69 Å². The van der Waals surface area contributed by atoms with Gasteiger partial charge in [-0.3, -0.25) is 14.2 Å². The van der Waals surface area contributed by atoms with Crippen LogP contribution in [0.4, 0.5) is 11.4 Å². The minimum Gasteiger partial charge on any atom is -0.371 e. The Labute approximate surface area is 174 Å². The third-order valence-corrected chi connectivity index (χ3v) is 5.99. The lowest BCUT2D eigenvalue weighted by molar-refractivity contribution is -0.122. The number of amides is 2. The molecule has 0 atom stereocenters. The number of nitrogens with two attached hydrogens (primary N) is 1. The number of piperidine rings is 1. The van der Waals surface area contributed by atoms with Gasteiger partial charge in [0.15, 0.2) is 0 Å². The number of anilines is 2. The Morgan fingerprint density at radius 3 is 2.50 bits per heavy atom. The van der Waals surface area contributed by atoms with E-state index in [2.05, 4.69) is 15.3 Å². The van der Waals surface area contributed by atoms with Gasteiger partial charge in [0.1, 0.15) is 12.4 Å². The molecule has 9 nitrogen and oxygen atoms in total. The summed E-state index contributed by atoms with van der Waals surface area (Å²) in [4.78, 5) is 38.4. The Morgan fingerprint density at radius 1 is 1.07 bits per heavy atom. The van der Waals surface area contributed by atoms with Crippen LogP contribution in [0.3, 0.4) is 0 Å². The highest BCUT2D eigenvalue weighted by Crippen LogP contribution is 2.24. The number of aromatic nitrogens is 3. The predicted molar refractivity (Wildman–Crippen MR) is 113 cm³/mol. The van der Waals surface area contributed by atoms with Crippen LogP contribution in [0, 0.1) is 5.92 Å². The second-order valence-corrected chi connectivity index (χ2v) is 8.08. The molecule has 9 heteroatoms. The topological polar surface area (TPSA) is 115 Å². The molecule has 0 bridgehead atoms. The molecule has 1 saturated heterocycles. The first kappa shape index (κ1) is 20.2. The molecule has 0 spiro atoms. The summed E-state index contributed by atoms with van der Waals surface area (Å²) in [5.74, 6) is 0.234. The van der Waals surface area contributed by atoms with Gasteiger partial charge in [0.2, 0.25) is 11.8 Å². The fraction of sp³-hybridized carbons (Fsp3) is 0.524. The van der Waals surface area contributed by atoms with Crippen molar-refractivity contribution in [3.05, 3.63) is 40.6 Å². The number of primary amides is 1. The molecule has 0 aliphatic carbocycles. The average Bonchev–Trinajstić information content (AvgIpc) is 2.90. The van der Waals surface area contributed by atoms with E-state index in [9.17, 15) is 14.4 Å². The summed E-state index contributed by atoms with van der Waals surface area (Å²) in [7, 11) is 0. The molecule has 0 unspecified atom stereocenters. The van der Waals surface area contributed by atoms with Gasteiger partial charge in [0.25, 0.3) is 0 Å². The van der Waals surface area contributed by atoms with Gasteiger partial charge < -0.3 is 16.0 Å². The fourth-order valence-corrected chi connectivity index (χ4v) is 4.24. The second kappa shape index (κ2) is 8.73. The average molecular weight is 412 g/mol. The number of nitrogens with zero attached hydrogens (tertiary/aromatic N) is 4. The Kier molecular flexibility index (Phi) is 5.87. The Bertz CT molecular complexity index is 970. The van der Waals surface area contributed by atoms with Gasteiger partial charge in [-0.25, -0.2) is 9.48 Å². The maximum Gasteiger partial charge on any atom is 0.346 e. The van der Waals surface area contributed by atoms with Crippen molar-refractivity contribution in [3.8, 4) is 0 Å². The van der Waals surface area contributed by atoms with Gasteiger partial charge in [0.05, 0.1) is 0 Å². The zero-order chi connectivity index (χ0) is 21.1. The lowest BCUT2D eigenvalue weighted by Gasteiger charge is -2.32. The largest absolute Gasteiger partial charge is 0.371 e. The molecule has 3 N–H and O–H groups in total. The molecule has 1 aromatic heterocycles. The summed E-state index contributed by atoms with van der Waals surface area (Å²) >= 11 is 0. The zero-order valence-electron chi connectivity index (χ0n) is 17.0. The van der Waals surface area contributed by atoms with Crippen molar-refractivity contribution in [1.82, 2.24) is 14.3 Å². The first-order chi connectivity index (χ1) is 14.5. The molecule has 2 aliphatic rings. The summed E-state index contributed by atoms with van der Waals surface area (Å²) in [5.41, 5.74) is 6.90. The number of aryl methyl sites for hydroxylation is 1. The van der Waals surface area contributed by atoms with E-state index in [0.717, 1.165) is 63.1 Å². The third-order valence-electron chi connectivity index (χ3n) is 5.99. The van der Waals surface area contributed by atoms with Crippen molar-refractivity contribution in [2.24, 2.45) is 11.7 Å². The van der Waals surface area contributed by atoms with Crippen LogP contribution in [0.25, 0.3) is 0 Å². The second-order valence-electron chi connectivity index (χ2n) is 8.08. The van der Waals surface area contributed by atoms with Crippen LogP contribution in [0.2, 0.25) is 0 Å². The molecule has 0 saturated carbocycles. The molecule has 1 fully saturated rings. The van der Waals surface area contributed by atoms with Crippen molar-refractivity contribution >= 4 is 23.2 Å². The third kappa shape index (κ3) is 4.39. The van der Waals surface area contributed by atoms with E-state index >= 15 is 0 Å². The standard InChI is InChI=1S/C21H28N6O3/c22-20(29)15-9-12-25(13-10-15)17-7-5-16(6-8-17)23-19(28)14-27-21(30)26-11-3-1-2-4-18(26)24-27/h5-8,15H,1-4,9-14H2,(H2,22,29)(H,23,28). The Morgan fingerprint density at radius 2 is 1.80 bits per heavy atom. The molecule has 30 heavy (non-hydrogen) atoms. The number of hydrogen-bond donors (Lipinski definition) is 2. The fourth-order valence-electron chi connectivity index (χ4n) is 4.24. The van der Waals surface area contributed by atoms with Gasteiger partial charge in [0, 0.05) is 43.3 Å². The quantitative estimate of drug-likeness (QED) is 0.763. The molecular weight excluding hydrogens is 384 g/mol. The molecular formula is C21H28N6O3. The lowest BCUT2D eigenvalue weighted by Crippen LogP contribution is -2.38. The van der Waals surface area contributed by atoms with Crippen molar-refractivity contribution < 1.29 is 9.59 Å². The minimum atomic E-state index is -0.277. The maximum absolute atomic E-state index is 12.5. The summed E-state index contributed by atoms with van der Waals surface area (Å²) < 4.78 is 2.95. The molecule has 3 heterocycles. The van der Waals surface area contributed by atoms with Crippen molar-refractivity contribution in [2.45, 2.75) is 51.6 Å². The van der Waals surface area contributed by atoms with E-state index in [0.29, 0.717) is 12.2 Å². The van der Waals surface area contributed by atoms with E-state index in [4.69, 9.17) is 5.73 Å². The van der Waals surface area contributed by atoms with Crippen molar-refractivity contribution in [1.29, 1.82) is 0 Å². The van der Waals surface area contributed by atoms with E-state index in [-0.39, 0.29) is 30.0 Å². The highest BCUT2D eigenvalue weighted by molar-refractivity contribution is 5.90. The van der Waals surface area contributed by atoms with Gasteiger partial charge in [-0.1, -0.05) is 6.42 Å². The zero-order valence-corrected chi connectivity index (χ0v) is 17.0. The van der Waals surface area contributed by atoms with E-state index < -0.39 is 0 Å². The van der Waals surface area contributed by atoms with Gasteiger partial charge in [-0.05, 0) is 49.9 Å². The molecule has 1 aromatic carbocycles. The first-order valence-electron chi connectivity index (χ1n) is 10.6. The van der Waals surface area contributed by atoms with E-state index in [1.165, 1.54) is 4.68 Å². The van der Waals surface area contributed by atoms with Crippen LogP contribution < -0.4 is 21.6 Å². The molecule has 2 amide bonds. The Balaban J connectivity index is 1.34. The summed E-state index contributed by atoms with van der Waals surface area (Å²) in [5, 5.41) is 7.19. The number of benzene rings is 1. The summed E-state index contributed by atoms with van der Waals surface area (Å²) in [6, 6.07) is 7.59. The molecule has 2 aromatic rings. The highest BCUT2D eigenvalue weighted by Gasteiger charge is 2.23. The highest BCUT2D eigenvalue weighted by atomic mass is 16.2. The van der Waals surface area contributed by atoms with Crippen LogP contribution >= 0.6 is 0 Å². The minimum absolute atomic E-state index is 0.0405. The van der Waals surface area contributed by atoms with Crippen LogP contribution in [0.15, 0.2) is 29.1 Å². The smallest absolute Gasteiger partial charge is 0.346 e. The number of hydrogen-bond acceptors (Lipinski definition) is 5. The molecule has 2 aliphatic heterocycles. The van der Waals surface area contributed by atoms with Crippen LogP contribution in [0.5, 0.6) is 0 Å². The van der Waals surface area contributed by atoms with Crippen molar-refractivity contribution in [3.63, 3.8) is 0 Å². The number of fused-ring (bicyclic) bond motifs is 1. The van der Waals surface area contributed by atoms with Crippen LogP contribution in [0.1, 0.15) is 37.9 Å². The number of carbonyl (C=O) groups excluding carboxylic acids is 2. The first-order valence-corrected chi connectivity index (χ1v) is 10.6. The number of nitrogens with one attached hydrogen (secondary N) is 1. The SMILES string of the molecule is NC(=O)C1CCN(c2ccc(NC(=O)Cn3nc4n(c3=O)CCCCC4)cc2)CC1. The normalized spacial score (nSPS) is 17.3. The van der Waals surface area contributed by atoms with Crippen LogP contribution in [-0.2, 0) is 29.1 Å². The number of rotatable bonds is 5. The number of carbonyl (C=O) groups is 2. The van der Waals surface area contributed by atoms with Crippen molar-refractivity contribution in [2.75, 3.05) is 23.3 Å². The predicted octanol–water partition coefficient (Wildman–Crippen LogP) is 1.11. The lowest BCUT2D eigenvalue weighted by atomic mass is 9.96. The Hall–Kier alpha value is -3.10. The van der Waals surface area contributed by atoms with E-state index in [1.54, 1.807) is 4.57 Å². The van der Waals surface area contributed by atoms with E-state index in [1.807, 2.05) is 24.3 Å². The van der Waals surface area contributed by atoms with Crippen LogP contribution in [-0.4, -0.2) is 39.3 Å². The summed E-state index contributed by atoms with van der Waals surface area (Å²) in [6.45, 7) is 2.15. The molecule has 0 radical (unpaired) electrons. The molecule has 4 rings (SSSR count). The monoisotopic (exact) mass is 412 g/mol. The maximum atomic E-state index is 12.5. The summed E-state index contributed by atoms with van der Waals surface area (Å²) in [6.07, 6.45) is 5.39. The molecule has 160 valence electrons. The van der Waals surface area contributed by atoms with Gasteiger partial charge in [-0.2, -0.15) is 5.10 Å². The van der Waals surface area contributed by atoms with Gasteiger partial charge in [-0.15, -0.1) is 0 Å².